The Morgan fingerprint density at radius 1 is 0.923 bits per heavy atom. The van der Waals surface area contributed by atoms with Crippen LogP contribution in [0.2, 0.25) is 0 Å². The Balaban J connectivity index is 1.67. The summed E-state index contributed by atoms with van der Waals surface area (Å²) in [7, 11) is 0. The lowest BCUT2D eigenvalue weighted by Crippen LogP contribution is -2.10. The van der Waals surface area contributed by atoms with Crippen molar-refractivity contribution in [3.8, 4) is 0 Å². The molecule has 0 bridgehead atoms. The molecule has 1 heterocycles. The maximum Gasteiger partial charge on any atom is 0.224 e. The predicted octanol–water partition coefficient (Wildman–Crippen LogP) is 4.94. The van der Waals surface area contributed by atoms with E-state index < -0.39 is 0 Å². The first-order chi connectivity index (χ1) is 12.5. The fourth-order valence-corrected chi connectivity index (χ4v) is 2.69. The van der Waals surface area contributed by atoms with E-state index in [0.717, 1.165) is 17.2 Å². The highest BCUT2D eigenvalue weighted by Crippen LogP contribution is 2.19. The second kappa shape index (κ2) is 7.95. The van der Waals surface area contributed by atoms with E-state index in [1.165, 1.54) is 17.2 Å². The Bertz CT molecular complexity index is 908. The summed E-state index contributed by atoms with van der Waals surface area (Å²) in [6.07, 6.45) is 0.573. The quantitative estimate of drug-likeness (QED) is 0.661. The zero-order chi connectivity index (χ0) is 18.5. The maximum atomic E-state index is 13.7. The third-order valence-electron chi connectivity index (χ3n) is 4.27. The van der Waals surface area contributed by atoms with E-state index in [1.807, 2.05) is 25.1 Å². The summed E-state index contributed by atoms with van der Waals surface area (Å²) in [5, 5.41) is 6.50. The standard InChI is InChI=1S/C21H23FN4/c1-14-8-9-18(12-15(14)2)25-20-13-16(3)24-21(26-20)23-11-10-17-6-4-5-7-19(17)22/h4-9,12-13H,10-11H2,1-3H3,(H2,23,24,25,26). The van der Waals surface area contributed by atoms with Gasteiger partial charge in [-0.2, -0.15) is 4.98 Å². The van der Waals surface area contributed by atoms with Crippen LogP contribution in [0.5, 0.6) is 0 Å². The average molecular weight is 350 g/mol. The van der Waals surface area contributed by atoms with Crippen LogP contribution in [-0.4, -0.2) is 16.5 Å². The van der Waals surface area contributed by atoms with Gasteiger partial charge >= 0.3 is 0 Å². The molecule has 0 unspecified atom stereocenters. The van der Waals surface area contributed by atoms with Crippen LogP contribution in [0.1, 0.15) is 22.4 Å². The molecule has 1 aromatic heterocycles. The molecule has 0 radical (unpaired) electrons. The van der Waals surface area contributed by atoms with Gasteiger partial charge in [0.1, 0.15) is 11.6 Å². The molecule has 5 heteroatoms. The number of aromatic nitrogens is 2. The maximum absolute atomic E-state index is 13.7. The van der Waals surface area contributed by atoms with Gasteiger partial charge in [0.2, 0.25) is 5.95 Å². The number of halogens is 1. The van der Waals surface area contributed by atoms with Gasteiger partial charge in [-0.3, -0.25) is 0 Å². The first kappa shape index (κ1) is 17.9. The first-order valence-corrected chi connectivity index (χ1v) is 8.68. The summed E-state index contributed by atoms with van der Waals surface area (Å²) in [6, 6.07) is 14.9. The Morgan fingerprint density at radius 3 is 2.50 bits per heavy atom. The van der Waals surface area contributed by atoms with Crippen molar-refractivity contribution < 1.29 is 4.39 Å². The fourth-order valence-electron chi connectivity index (χ4n) is 2.69. The van der Waals surface area contributed by atoms with E-state index in [2.05, 4.69) is 46.6 Å². The molecule has 0 saturated carbocycles. The summed E-state index contributed by atoms with van der Waals surface area (Å²) in [5.74, 6) is 1.08. The molecule has 0 amide bonds. The molecule has 0 saturated heterocycles. The molecular weight excluding hydrogens is 327 g/mol. The molecule has 2 N–H and O–H groups in total. The van der Waals surface area contributed by atoms with Crippen LogP contribution in [0.25, 0.3) is 0 Å². The van der Waals surface area contributed by atoms with Crippen LogP contribution < -0.4 is 10.6 Å². The number of rotatable bonds is 6. The summed E-state index contributed by atoms with van der Waals surface area (Å²) in [5.41, 5.74) is 5.01. The number of anilines is 3. The summed E-state index contributed by atoms with van der Waals surface area (Å²) in [4.78, 5) is 8.91. The van der Waals surface area contributed by atoms with Crippen molar-refractivity contribution in [2.45, 2.75) is 27.2 Å². The van der Waals surface area contributed by atoms with Gasteiger partial charge in [-0.25, -0.2) is 9.37 Å². The van der Waals surface area contributed by atoms with Crippen molar-refractivity contribution in [1.29, 1.82) is 0 Å². The number of nitrogens with one attached hydrogen (secondary N) is 2. The van der Waals surface area contributed by atoms with Crippen molar-refractivity contribution in [3.05, 3.63) is 76.7 Å². The monoisotopic (exact) mass is 350 g/mol. The van der Waals surface area contributed by atoms with Gasteiger partial charge in [-0.15, -0.1) is 0 Å². The topological polar surface area (TPSA) is 49.8 Å². The highest BCUT2D eigenvalue weighted by Gasteiger charge is 2.05. The zero-order valence-electron chi connectivity index (χ0n) is 15.3. The van der Waals surface area contributed by atoms with E-state index >= 15 is 0 Å². The van der Waals surface area contributed by atoms with Gasteiger partial charge in [-0.05, 0) is 62.1 Å². The third-order valence-corrected chi connectivity index (χ3v) is 4.27. The van der Waals surface area contributed by atoms with Crippen molar-refractivity contribution in [3.63, 3.8) is 0 Å². The van der Waals surface area contributed by atoms with Gasteiger partial charge in [0.05, 0.1) is 0 Å². The Hall–Kier alpha value is -2.95. The lowest BCUT2D eigenvalue weighted by molar-refractivity contribution is 0.610. The van der Waals surface area contributed by atoms with E-state index in [1.54, 1.807) is 12.1 Å². The number of hydrogen-bond acceptors (Lipinski definition) is 4. The highest BCUT2D eigenvalue weighted by molar-refractivity contribution is 5.59. The molecule has 4 nitrogen and oxygen atoms in total. The van der Waals surface area contributed by atoms with Crippen LogP contribution >= 0.6 is 0 Å². The van der Waals surface area contributed by atoms with Gasteiger partial charge in [0, 0.05) is 24.0 Å². The summed E-state index contributed by atoms with van der Waals surface area (Å²) >= 11 is 0. The molecule has 26 heavy (non-hydrogen) atoms. The smallest absolute Gasteiger partial charge is 0.224 e. The largest absolute Gasteiger partial charge is 0.354 e. The second-order valence-electron chi connectivity index (χ2n) is 6.41. The summed E-state index contributed by atoms with van der Waals surface area (Å²) in [6.45, 7) is 6.66. The first-order valence-electron chi connectivity index (χ1n) is 8.68. The lowest BCUT2D eigenvalue weighted by Gasteiger charge is -2.11. The number of aryl methyl sites for hydroxylation is 3. The Morgan fingerprint density at radius 2 is 1.73 bits per heavy atom. The zero-order valence-corrected chi connectivity index (χ0v) is 15.3. The van der Waals surface area contributed by atoms with Crippen molar-refractivity contribution >= 4 is 17.5 Å². The summed E-state index contributed by atoms with van der Waals surface area (Å²) < 4.78 is 13.7. The van der Waals surface area contributed by atoms with Crippen LogP contribution in [-0.2, 0) is 6.42 Å². The van der Waals surface area contributed by atoms with Gasteiger partial charge in [-0.1, -0.05) is 24.3 Å². The normalized spacial score (nSPS) is 10.6. The second-order valence-corrected chi connectivity index (χ2v) is 6.41. The van der Waals surface area contributed by atoms with Crippen LogP contribution in [0, 0.1) is 26.6 Å². The van der Waals surface area contributed by atoms with Gasteiger partial charge < -0.3 is 10.6 Å². The van der Waals surface area contributed by atoms with Crippen molar-refractivity contribution in [2.75, 3.05) is 17.2 Å². The van der Waals surface area contributed by atoms with Crippen LogP contribution in [0.15, 0.2) is 48.5 Å². The van der Waals surface area contributed by atoms with E-state index in [-0.39, 0.29) is 5.82 Å². The van der Waals surface area contributed by atoms with Crippen molar-refractivity contribution in [1.82, 2.24) is 9.97 Å². The SMILES string of the molecule is Cc1cc(Nc2ccc(C)c(C)c2)nc(NCCc2ccccc2F)n1. The molecule has 134 valence electrons. The molecule has 3 aromatic rings. The third kappa shape index (κ3) is 4.57. The molecular formula is C21H23FN4. The molecule has 0 fully saturated rings. The van der Waals surface area contributed by atoms with Crippen molar-refractivity contribution in [2.24, 2.45) is 0 Å². The fraction of sp³-hybridized carbons (Fsp3) is 0.238. The van der Waals surface area contributed by atoms with Crippen LogP contribution in [0.4, 0.5) is 21.8 Å². The predicted molar refractivity (Wildman–Crippen MR) is 105 cm³/mol. The molecule has 0 aliphatic heterocycles. The molecule has 0 spiro atoms. The van der Waals surface area contributed by atoms with Gasteiger partial charge in [0.25, 0.3) is 0 Å². The average Bonchev–Trinajstić information content (AvgIpc) is 2.59. The molecule has 2 aromatic carbocycles. The van der Waals surface area contributed by atoms with Crippen LogP contribution in [0.3, 0.4) is 0 Å². The minimum absolute atomic E-state index is 0.184. The Labute approximate surface area is 153 Å². The number of hydrogen-bond donors (Lipinski definition) is 2. The van der Waals surface area contributed by atoms with Gasteiger partial charge in [0.15, 0.2) is 0 Å². The number of benzene rings is 2. The molecule has 3 rings (SSSR count). The molecule has 0 aliphatic carbocycles. The highest BCUT2D eigenvalue weighted by atomic mass is 19.1. The lowest BCUT2D eigenvalue weighted by atomic mass is 10.1. The van der Waals surface area contributed by atoms with E-state index in [0.29, 0.717) is 24.5 Å². The minimum atomic E-state index is -0.184. The number of nitrogens with zero attached hydrogens (tertiary/aromatic N) is 2. The van der Waals surface area contributed by atoms with E-state index in [9.17, 15) is 4.39 Å². The molecule has 0 atom stereocenters. The Kier molecular flexibility index (Phi) is 5.46. The molecule has 0 aliphatic rings. The van der Waals surface area contributed by atoms with E-state index in [4.69, 9.17) is 0 Å². The minimum Gasteiger partial charge on any atom is -0.354 e.